The van der Waals surface area contributed by atoms with Gasteiger partial charge in [0.25, 0.3) is 0 Å². The van der Waals surface area contributed by atoms with E-state index in [9.17, 15) is 19.3 Å². The van der Waals surface area contributed by atoms with Gasteiger partial charge in [-0.05, 0) is 25.0 Å². The SMILES string of the molecule is O=C(O)c1nnn(-c2ccc(F)c([N+](=O)[O-])c2)c1C1CC1. The third kappa shape index (κ3) is 2.22. The van der Waals surface area contributed by atoms with Crippen molar-refractivity contribution in [1.29, 1.82) is 0 Å². The van der Waals surface area contributed by atoms with Gasteiger partial charge < -0.3 is 5.11 Å². The van der Waals surface area contributed by atoms with Gasteiger partial charge in [-0.15, -0.1) is 5.10 Å². The minimum atomic E-state index is -1.21. The molecule has 0 aliphatic heterocycles. The van der Waals surface area contributed by atoms with Crippen molar-refractivity contribution in [3.63, 3.8) is 0 Å². The van der Waals surface area contributed by atoms with Crippen molar-refractivity contribution in [2.45, 2.75) is 18.8 Å². The standard InChI is InChI=1S/C12H9FN4O4/c13-8-4-3-7(5-9(8)17(20)21)16-11(6-1-2-6)10(12(18)19)14-15-16/h3-6H,1-2H2,(H,18,19). The van der Waals surface area contributed by atoms with Crippen molar-refractivity contribution in [2.75, 3.05) is 0 Å². The Kier molecular flexibility index (Phi) is 2.89. The molecule has 1 aromatic heterocycles. The second-order valence-electron chi connectivity index (χ2n) is 4.71. The Morgan fingerprint density at radius 2 is 2.19 bits per heavy atom. The largest absolute Gasteiger partial charge is 0.476 e. The summed E-state index contributed by atoms with van der Waals surface area (Å²) in [5, 5.41) is 27.2. The van der Waals surface area contributed by atoms with E-state index in [0.29, 0.717) is 5.69 Å². The molecule has 0 radical (unpaired) electrons. The van der Waals surface area contributed by atoms with Crippen LogP contribution in [0.1, 0.15) is 34.9 Å². The number of nitrogens with zero attached hydrogens (tertiary/aromatic N) is 4. The summed E-state index contributed by atoms with van der Waals surface area (Å²) in [7, 11) is 0. The summed E-state index contributed by atoms with van der Waals surface area (Å²) >= 11 is 0. The monoisotopic (exact) mass is 292 g/mol. The molecule has 1 aliphatic carbocycles. The number of aromatic nitrogens is 3. The number of hydrogen-bond acceptors (Lipinski definition) is 5. The highest BCUT2D eigenvalue weighted by atomic mass is 19.1. The zero-order chi connectivity index (χ0) is 15.1. The molecule has 2 aromatic rings. The van der Waals surface area contributed by atoms with Crippen LogP contribution in [-0.2, 0) is 0 Å². The van der Waals surface area contributed by atoms with Crippen LogP contribution < -0.4 is 0 Å². The van der Waals surface area contributed by atoms with Crippen LogP contribution in [0.4, 0.5) is 10.1 Å². The molecule has 1 saturated carbocycles. The summed E-state index contributed by atoms with van der Waals surface area (Å²) < 4.78 is 14.6. The number of nitro benzene ring substituents is 1. The quantitative estimate of drug-likeness (QED) is 0.680. The van der Waals surface area contributed by atoms with E-state index in [-0.39, 0.29) is 17.3 Å². The second kappa shape index (κ2) is 4.62. The van der Waals surface area contributed by atoms with Gasteiger partial charge in [0.2, 0.25) is 5.82 Å². The number of aromatic carboxylic acids is 1. The first-order valence-corrected chi connectivity index (χ1v) is 6.12. The minimum Gasteiger partial charge on any atom is -0.476 e. The van der Waals surface area contributed by atoms with Crippen LogP contribution in [0.25, 0.3) is 5.69 Å². The topological polar surface area (TPSA) is 111 Å². The normalized spacial score (nSPS) is 14.1. The molecule has 1 fully saturated rings. The number of halogens is 1. The van der Waals surface area contributed by atoms with Crippen LogP contribution in [0, 0.1) is 15.9 Å². The highest BCUT2D eigenvalue weighted by Gasteiger charge is 2.34. The molecule has 0 saturated heterocycles. The average molecular weight is 292 g/mol. The highest BCUT2D eigenvalue weighted by molar-refractivity contribution is 5.87. The molecule has 0 bridgehead atoms. The fourth-order valence-electron chi connectivity index (χ4n) is 2.13. The predicted molar refractivity (Wildman–Crippen MR) is 66.9 cm³/mol. The molecule has 3 rings (SSSR count). The predicted octanol–water partition coefficient (Wildman–Crippen LogP) is 1.89. The van der Waals surface area contributed by atoms with Crippen molar-refractivity contribution < 1.29 is 19.2 Å². The van der Waals surface area contributed by atoms with Gasteiger partial charge in [-0.2, -0.15) is 4.39 Å². The van der Waals surface area contributed by atoms with E-state index in [2.05, 4.69) is 10.3 Å². The van der Waals surface area contributed by atoms with Gasteiger partial charge in [-0.3, -0.25) is 10.1 Å². The second-order valence-corrected chi connectivity index (χ2v) is 4.71. The third-order valence-corrected chi connectivity index (χ3v) is 3.24. The average Bonchev–Trinajstić information content (AvgIpc) is 3.17. The smallest absolute Gasteiger partial charge is 0.358 e. The lowest BCUT2D eigenvalue weighted by Gasteiger charge is -2.06. The molecular weight excluding hydrogens is 283 g/mol. The molecule has 1 aromatic carbocycles. The van der Waals surface area contributed by atoms with Crippen molar-refractivity contribution in [2.24, 2.45) is 0 Å². The minimum absolute atomic E-state index is 0.00945. The molecule has 1 aliphatic rings. The van der Waals surface area contributed by atoms with E-state index in [1.807, 2.05) is 0 Å². The lowest BCUT2D eigenvalue weighted by molar-refractivity contribution is -0.387. The number of hydrogen-bond donors (Lipinski definition) is 1. The zero-order valence-electron chi connectivity index (χ0n) is 10.6. The van der Waals surface area contributed by atoms with Crippen LogP contribution in [0.5, 0.6) is 0 Å². The van der Waals surface area contributed by atoms with Crippen LogP contribution in [0.3, 0.4) is 0 Å². The number of rotatable bonds is 4. The Morgan fingerprint density at radius 1 is 1.48 bits per heavy atom. The molecule has 1 heterocycles. The van der Waals surface area contributed by atoms with Crippen molar-refractivity contribution in [3.05, 3.63) is 45.5 Å². The van der Waals surface area contributed by atoms with Crippen molar-refractivity contribution in [3.8, 4) is 5.69 Å². The first kappa shape index (κ1) is 13.2. The maximum absolute atomic E-state index is 13.4. The van der Waals surface area contributed by atoms with E-state index in [0.717, 1.165) is 25.0 Å². The molecule has 9 heteroatoms. The summed E-state index contributed by atoms with van der Waals surface area (Å²) in [4.78, 5) is 21.1. The Hall–Kier alpha value is -2.84. The maximum Gasteiger partial charge on any atom is 0.358 e. The molecule has 0 spiro atoms. The fourth-order valence-corrected chi connectivity index (χ4v) is 2.13. The molecule has 8 nitrogen and oxygen atoms in total. The van der Waals surface area contributed by atoms with E-state index >= 15 is 0 Å². The van der Waals surface area contributed by atoms with Gasteiger partial charge in [0, 0.05) is 12.0 Å². The lowest BCUT2D eigenvalue weighted by atomic mass is 10.2. The highest BCUT2D eigenvalue weighted by Crippen LogP contribution is 2.42. The Morgan fingerprint density at radius 3 is 2.76 bits per heavy atom. The number of carbonyl (C=O) groups is 1. The lowest BCUT2D eigenvalue weighted by Crippen LogP contribution is -2.06. The fraction of sp³-hybridized carbons (Fsp3) is 0.250. The third-order valence-electron chi connectivity index (χ3n) is 3.24. The molecule has 1 N–H and O–H groups in total. The first-order valence-electron chi connectivity index (χ1n) is 6.12. The van der Waals surface area contributed by atoms with Crippen molar-refractivity contribution in [1.82, 2.24) is 15.0 Å². The Bertz CT molecular complexity index is 754. The van der Waals surface area contributed by atoms with E-state index in [1.54, 1.807) is 0 Å². The van der Waals surface area contributed by atoms with E-state index in [4.69, 9.17) is 5.11 Å². The molecule has 0 unspecified atom stereocenters. The molecular formula is C12H9FN4O4. The van der Waals surface area contributed by atoms with Gasteiger partial charge in [0.15, 0.2) is 5.69 Å². The number of nitro groups is 1. The zero-order valence-corrected chi connectivity index (χ0v) is 10.6. The Labute approximate surface area is 117 Å². The summed E-state index contributed by atoms with van der Waals surface area (Å²) in [5.41, 5.74) is -0.264. The van der Waals surface area contributed by atoms with Crippen LogP contribution in [-0.4, -0.2) is 31.0 Å². The molecule has 108 valence electrons. The van der Waals surface area contributed by atoms with Gasteiger partial charge in [-0.1, -0.05) is 5.21 Å². The van der Waals surface area contributed by atoms with E-state index in [1.165, 1.54) is 10.7 Å². The number of benzene rings is 1. The summed E-state index contributed by atoms with van der Waals surface area (Å²) in [6.07, 6.45) is 1.61. The molecule has 0 amide bonds. The van der Waals surface area contributed by atoms with Gasteiger partial charge in [0.05, 0.1) is 16.3 Å². The van der Waals surface area contributed by atoms with Crippen LogP contribution in [0.15, 0.2) is 18.2 Å². The summed E-state index contributed by atoms with van der Waals surface area (Å²) in [5.74, 6) is -2.16. The first-order chi connectivity index (χ1) is 9.99. The molecule has 21 heavy (non-hydrogen) atoms. The van der Waals surface area contributed by atoms with Crippen LogP contribution >= 0.6 is 0 Å². The molecule has 0 atom stereocenters. The number of carboxylic acid groups (broad SMARTS) is 1. The van der Waals surface area contributed by atoms with Crippen LogP contribution in [0.2, 0.25) is 0 Å². The summed E-state index contributed by atoms with van der Waals surface area (Å²) in [6, 6.07) is 3.27. The van der Waals surface area contributed by atoms with Crippen molar-refractivity contribution >= 4 is 11.7 Å². The number of carboxylic acids is 1. The van der Waals surface area contributed by atoms with E-state index < -0.39 is 22.4 Å². The Balaban J connectivity index is 2.15. The van der Waals surface area contributed by atoms with Gasteiger partial charge in [-0.25, -0.2) is 9.48 Å². The van der Waals surface area contributed by atoms with Gasteiger partial charge in [0.1, 0.15) is 0 Å². The van der Waals surface area contributed by atoms with Gasteiger partial charge >= 0.3 is 11.7 Å². The maximum atomic E-state index is 13.4. The summed E-state index contributed by atoms with van der Waals surface area (Å²) in [6.45, 7) is 0.